The summed E-state index contributed by atoms with van der Waals surface area (Å²) in [5.41, 5.74) is 0.715. The molecule has 0 spiro atoms. The molecule has 15 heavy (non-hydrogen) atoms. The largest absolute Gasteiger partial charge is 0.390 e. The van der Waals surface area contributed by atoms with Gasteiger partial charge in [-0.05, 0) is 18.6 Å². The average Bonchev–Trinajstić information content (AvgIpc) is 2.27. The Bertz CT molecular complexity index is 303. The summed E-state index contributed by atoms with van der Waals surface area (Å²) in [6.45, 7) is 2.68. The molecule has 0 aromatic carbocycles. The number of fused-ring (bicyclic) bond motifs is 1. The molecule has 2 fully saturated rings. The molecule has 2 aliphatic heterocycles. The van der Waals surface area contributed by atoms with Gasteiger partial charge in [0.15, 0.2) is 0 Å². The first-order chi connectivity index (χ1) is 7.31. The Morgan fingerprint density at radius 3 is 2.60 bits per heavy atom. The Kier molecular flexibility index (Phi) is 3.72. The lowest BCUT2D eigenvalue weighted by molar-refractivity contribution is 0.00876. The summed E-state index contributed by atoms with van der Waals surface area (Å²) >= 11 is 3.58. The Labute approximate surface area is 98.3 Å². The number of aliphatic hydroxyl groups is 1. The van der Waals surface area contributed by atoms with E-state index in [0.717, 1.165) is 10.9 Å². The second-order valence-corrected chi connectivity index (χ2v) is 5.02. The maximum absolute atomic E-state index is 8.48. The van der Waals surface area contributed by atoms with Crippen LogP contribution in [-0.4, -0.2) is 38.9 Å². The van der Waals surface area contributed by atoms with Crippen molar-refractivity contribution in [2.45, 2.75) is 23.9 Å². The predicted molar refractivity (Wildman–Crippen MR) is 62.9 cm³/mol. The van der Waals surface area contributed by atoms with E-state index in [1.54, 1.807) is 12.3 Å². The topological polar surface area (TPSA) is 36.4 Å². The van der Waals surface area contributed by atoms with Crippen molar-refractivity contribution in [3.8, 4) is 0 Å². The van der Waals surface area contributed by atoms with Gasteiger partial charge in [0.05, 0.1) is 12.3 Å². The highest BCUT2D eigenvalue weighted by atomic mass is 79.9. The summed E-state index contributed by atoms with van der Waals surface area (Å²) < 4.78 is 0. The molecule has 3 heterocycles. The second kappa shape index (κ2) is 5.05. The van der Waals surface area contributed by atoms with E-state index in [2.05, 4.69) is 25.8 Å². The fraction of sp³-hybridized carbons (Fsp3) is 0.545. The third-order valence-corrected chi connectivity index (χ3v) is 3.80. The summed E-state index contributed by atoms with van der Waals surface area (Å²) in [5, 5.41) is 8.48. The zero-order valence-electron chi connectivity index (χ0n) is 8.51. The standard InChI is InChI=1S/C6H7NO.C5H8BrN/c8-5-6-3-1-2-4-7-6;6-4-3-7-2-1-5(4)7/h1-4,8H,5H2;4-5H,1-3H2. The Balaban J connectivity index is 0.000000114. The maximum atomic E-state index is 8.48. The van der Waals surface area contributed by atoms with E-state index in [-0.39, 0.29) is 6.61 Å². The van der Waals surface area contributed by atoms with Gasteiger partial charge in [0.1, 0.15) is 0 Å². The molecule has 2 saturated heterocycles. The van der Waals surface area contributed by atoms with Crippen molar-refractivity contribution in [1.29, 1.82) is 0 Å². The van der Waals surface area contributed by atoms with Crippen molar-refractivity contribution in [2.75, 3.05) is 13.1 Å². The predicted octanol–water partition coefficient (Wildman–Crippen LogP) is 1.41. The number of hydrogen-bond donors (Lipinski definition) is 1. The maximum Gasteiger partial charge on any atom is 0.0852 e. The van der Waals surface area contributed by atoms with Crippen molar-refractivity contribution < 1.29 is 5.11 Å². The molecule has 4 heteroatoms. The minimum atomic E-state index is 0.0286. The van der Waals surface area contributed by atoms with Crippen LogP contribution in [-0.2, 0) is 6.61 Å². The van der Waals surface area contributed by atoms with E-state index in [4.69, 9.17) is 5.11 Å². The molecular formula is C11H15BrN2O. The van der Waals surface area contributed by atoms with Crippen molar-refractivity contribution >= 4 is 15.9 Å². The molecule has 1 N–H and O–H groups in total. The summed E-state index contributed by atoms with van der Waals surface area (Å²) in [6.07, 6.45) is 3.08. The zero-order chi connectivity index (χ0) is 10.7. The highest BCUT2D eigenvalue weighted by Crippen LogP contribution is 2.34. The van der Waals surface area contributed by atoms with Gasteiger partial charge in [0.2, 0.25) is 0 Å². The van der Waals surface area contributed by atoms with E-state index in [1.165, 1.54) is 19.5 Å². The van der Waals surface area contributed by atoms with Gasteiger partial charge in [-0.25, -0.2) is 0 Å². The highest BCUT2D eigenvalue weighted by Gasteiger charge is 2.43. The molecule has 0 aliphatic carbocycles. The van der Waals surface area contributed by atoms with E-state index in [9.17, 15) is 0 Å². The molecule has 2 atom stereocenters. The van der Waals surface area contributed by atoms with Gasteiger partial charge in [0, 0.05) is 30.2 Å². The van der Waals surface area contributed by atoms with Crippen LogP contribution < -0.4 is 0 Å². The highest BCUT2D eigenvalue weighted by molar-refractivity contribution is 9.09. The van der Waals surface area contributed by atoms with Gasteiger partial charge in [-0.1, -0.05) is 22.0 Å². The average molecular weight is 271 g/mol. The van der Waals surface area contributed by atoms with Gasteiger partial charge in [-0.2, -0.15) is 0 Å². The van der Waals surface area contributed by atoms with Crippen LogP contribution in [0.25, 0.3) is 0 Å². The first-order valence-electron chi connectivity index (χ1n) is 5.20. The fourth-order valence-electron chi connectivity index (χ4n) is 1.80. The van der Waals surface area contributed by atoms with Crippen LogP contribution in [0, 0.1) is 0 Å². The minimum Gasteiger partial charge on any atom is -0.390 e. The molecule has 2 unspecified atom stereocenters. The first-order valence-corrected chi connectivity index (χ1v) is 6.11. The molecule has 2 aliphatic rings. The summed E-state index contributed by atoms with van der Waals surface area (Å²) in [7, 11) is 0. The number of nitrogens with zero attached hydrogens (tertiary/aromatic N) is 2. The molecule has 3 rings (SSSR count). The van der Waals surface area contributed by atoms with Crippen LogP contribution >= 0.6 is 15.9 Å². The first kappa shape index (κ1) is 11.0. The van der Waals surface area contributed by atoms with Crippen LogP contribution in [0.2, 0.25) is 0 Å². The van der Waals surface area contributed by atoms with Gasteiger partial charge in [-0.15, -0.1) is 0 Å². The monoisotopic (exact) mass is 270 g/mol. The molecule has 0 amide bonds. The van der Waals surface area contributed by atoms with E-state index >= 15 is 0 Å². The third-order valence-electron chi connectivity index (χ3n) is 2.90. The molecule has 0 saturated carbocycles. The van der Waals surface area contributed by atoms with Gasteiger partial charge in [0.25, 0.3) is 0 Å². The van der Waals surface area contributed by atoms with Gasteiger partial charge >= 0.3 is 0 Å². The molecule has 0 radical (unpaired) electrons. The van der Waals surface area contributed by atoms with E-state index in [0.29, 0.717) is 5.69 Å². The van der Waals surface area contributed by atoms with Crippen molar-refractivity contribution in [2.24, 2.45) is 0 Å². The Hall–Kier alpha value is -0.450. The molecule has 3 nitrogen and oxygen atoms in total. The summed E-state index contributed by atoms with van der Waals surface area (Å²) in [4.78, 5) is 7.18. The van der Waals surface area contributed by atoms with Gasteiger partial charge < -0.3 is 5.11 Å². The number of piperidine rings is 1. The lowest BCUT2D eigenvalue weighted by Crippen LogP contribution is -2.65. The number of hydrogen-bond acceptors (Lipinski definition) is 3. The number of halogens is 1. The smallest absolute Gasteiger partial charge is 0.0852 e. The summed E-state index contributed by atoms with van der Waals surface area (Å²) in [6, 6.07) is 6.37. The van der Waals surface area contributed by atoms with Gasteiger partial charge in [-0.3, -0.25) is 9.88 Å². The summed E-state index contributed by atoms with van der Waals surface area (Å²) in [5.74, 6) is 0. The molecule has 1 aromatic heterocycles. The van der Waals surface area contributed by atoms with Crippen molar-refractivity contribution in [3.63, 3.8) is 0 Å². The third kappa shape index (κ3) is 2.56. The minimum absolute atomic E-state index is 0.0286. The lowest BCUT2D eigenvalue weighted by Gasteiger charge is -2.54. The van der Waals surface area contributed by atoms with Crippen molar-refractivity contribution in [1.82, 2.24) is 9.88 Å². The van der Waals surface area contributed by atoms with Crippen LogP contribution in [0.15, 0.2) is 24.4 Å². The second-order valence-electron chi connectivity index (χ2n) is 3.85. The Morgan fingerprint density at radius 2 is 2.40 bits per heavy atom. The quantitative estimate of drug-likeness (QED) is 0.785. The Morgan fingerprint density at radius 1 is 1.53 bits per heavy atom. The molecular weight excluding hydrogens is 256 g/mol. The lowest BCUT2D eigenvalue weighted by atomic mass is 9.91. The van der Waals surface area contributed by atoms with E-state index < -0.39 is 0 Å². The molecule has 82 valence electrons. The van der Waals surface area contributed by atoms with Crippen LogP contribution in [0.5, 0.6) is 0 Å². The van der Waals surface area contributed by atoms with E-state index in [1.807, 2.05) is 12.1 Å². The van der Waals surface area contributed by atoms with Crippen LogP contribution in [0.3, 0.4) is 0 Å². The number of aliphatic hydroxyl groups excluding tert-OH is 1. The number of rotatable bonds is 1. The van der Waals surface area contributed by atoms with Crippen LogP contribution in [0.1, 0.15) is 12.1 Å². The normalized spacial score (nSPS) is 27.9. The molecule has 1 aromatic rings. The molecule has 0 bridgehead atoms. The van der Waals surface area contributed by atoms with Crippen molar-refractivity contribution in [3.05, 3.63) is 30.1 Å². The van der Waals surface area contributed by atoms with Crippen LogP contribution in [0.4, 0.5) is 0 Å². The number of pyridine rings is 1. The zero-order valence-corrected chi connectivity index (χ0v) is 10.1. The SMILES string of the molecule is BrC1CN2CCC12.OCc1ccccn1. The number of aromatic nitrogens is 1. The number of alkyl halides is 1. The fourth-order valence-corrected chi connectivity index (χ4v) is 2.77.